The van der Waals surface area contributed by atoms with Crippen LogP contribution in [0.25, 0.3) is 0 Å². The van der Waals surface area contributed by atoms with Crippen LogP contribution in [0.2, 0.25) is 10.0 Å². The summed E-state index contributed by atoms with van der Waals surface area (Å²) in [5, 5.41) is 3.98. The first-order valence-electron chi connectivity index (χ1n) is 12.5. The molecule has 194 valence electrons. The van der Waals surface area contributed by atoms with Crippen molar-refractivity contribution in [1.29, 1.82) is 0 Å². The number of hydrogen-bond acceptors (Lipinski definition) is 5. The third-order valence-corrected chi connectivity index (χ3v) is 8.88. The highest BCUT2D eigenvalue weighted by Crippen LogP contribution is 2.39. The molecule has 0 bridgehead atoms. The summed E-state index contributed by atoms with van der Waals surface area (Å²) >= 11 is 12.3. The lowest BCUT2D eigenvalue weighted by molar-refractivity contribution is 0.449. The summed E-state index contributed by atoms with van der Waals surface area (Å²) in [7, 11) is -1.85. The van der Waals surface area contributed by atoms with Crippen LogP contribution in [0.5, 0.6) is 11.5 Å². The minimum absolute atomic E-state index is 0.186. The van der Waals surface area contributed by atoms with Gasteiger partial charge in [0.15, 0.2) is 0 Å². The molecule has 2 aromatic rings. The first-order valence-corrected chi connectivity index (χ1v) is 14.7. The van der Waals surface area contributed by atoms with Gasteiger partial charge < -0.3 is 15.0 Å². The van der Waals surface area contributed by atoms with Crippen LogP contribution in [-0.4, -0.2) is 45.9 Å². The van der Waals surface area contributed by atoms with Crippen molar-refractivity contribution in [2.45, 2.75) is 63.8 Å². The second kappa shape index (κ2) is 13.2. The number of benzene rings is 2. The lowest BCUT2D eigenvalue weighted by Crippen LogP contribution is -2.30. The van der Waals surface area contributed by atoms with Gasteiger partial charge in [0.05, 0.1) is 10.0 Å². The van der Waals surface area contributed by atoms with E-state index in [1.165, 1.54) is 0 Å². The monoisotopic (exact) mass is 541 g/mol. The Kier molecular flexibility index (Phi) is 10.5. The molecule has 0 aliphatic carbocycles. The smallest absolute Gasteiger partial charge is 0.246 e. The van der Waals surface area contributed by atoms with Gasteiger partial charge in [0, 0.05) is 50.5 Å². The molecule has 1 N–H and O–H groups in total. The van der Waals surface area contributed by atoms with E-state index >= 15 is 0 Å². The molecule has 0 spiro atoms. The molecular formula is C26H37Cl2N3O3S. The van der Waals surface area contributed by atoms with Crippen LogP contribution >= 0.6 is 23.2 Å². The van der Waals surface area contributed by atoms with Gasteiger partial charge in [-0.1, -0.05) is 49.9 Å². The van der Waals surface area contributed by atoms with Crippen molar-refractivity contribution in [3.05, 3.63) is 45.9 Å². The van der Waals surface area contributed by atoms with Crippen LogP contribution in [0.15, 0.2) is 35.2 Å². The summed E-state index contributed by atoms with van der Waals surface area (Å²) in [6.07, 6.45) is 6.01. The zero-order chi connectivity index (χ0) is 25.4. The van der Waals surface area contributed by atoms with Gasteiger partial charge >= 0.3 is 0 Å². The summed E-state index contributed by atoms with van der Waals surface area (Å²) in [4.78, 5) is 2.54. The van der Waals surface area contributed by atoms with Gasteiger partial charge in [-0.05, 0) is 56.5 Å². The number of nitrogens with one attached hydrogen (secondary N) is 1. The number of sulfonamides is 1. The molecule has 35 heavy (non-hydrogen) atoms. The Morgan fingerprint density at radius 3 is 2.23 bits per heavy atom. The van der Waals surface area contributed by atoms with E-state index in [1.807, 2.05) is 13.1 Å². The number of hydrogen-bond donors (Lipinski definition) is 1. The molecule has 1 aliphatic rings. The summed E-state index contributed by atoms with van der Waals surface area (Å²) in [6, 6.07) is 8.65. The van der Waals surface area contributed by atoms with Gasteiger partial charge in [-0.15, -0.1) is 0 Å². The van der Waals surface area contributed by atoms with E-state index in [0.717, 1.165) is 62.9 Å². The first kappa shape index (κ1) is 28.1. The molecule has 0 amide bonds. The number of ether oxygens (including phenoxy) is 1. The van der Waals surface area contributed by atoms with E-state index in [0.29, 0.717) is 41.2 Å². The van der Waals surface area contributed by atoms with Crippen molar-refractivity contribution in [1.82, 2.24) is 9.62 Å². The molecule has 0 unspecified atom stereocenters. The summed E-state index contributed by atoms with van der Waals surface area (Å²) in [5.41, 5.74) is 1.94. The molecule has 1 fully saturated rings. The van der Waals surface area contributed by atoms with E-state index in [9.17, 15) is 8.42 Å². The van der Waals surface area contributed by atoms with Gasteiger partial charge in [0.25, 0.3) is 0 Å². The second-order valence-electron chi connectivity index (χ2n) is 8.94. The Balaban J connectivity index is 2.16. The zero-order valence-corrected chi connectivity index (χ0v) is 23.3. The molecule has 0 radical (unpaired) electrons. The summed E-state index contributed by atoms with van der Waals surface area (Å²) in [5.74, 6) is 0.751. The topological polar surface area (TPSA) is 61.9 Å². The molecule has 0 saturated carbocycles. The molecule has 1 heterocycles. The fraction of sp³-hybridized carbons (Fsp3) is 0.538. The minimum Gasteiger partial charge on any atom is -0.456 e. The van der Waals surface area contributed by atoms with E-state index in [-0.39, 0.29) is 4.90 Å². The van der Waals surface area contributed by atoms with Crippen molar-refractivity contribution >= 4 is 38.9 Å². The largest absolute Gasteiger partial charge is 0.456 e. The van der Waals surface area contributed by atoms with Crippen molar-refractivity contribution in [2.24, 2.45) is 0 Å². The average Bonchev–Trinajstić information content (AvgIpc) is 3.39. The van der Waals surface area contributed by atoms with Crippen LogP contribution in [0.3, 0.4) is 0 Å². The maximum absolute atomic E-state index is 13.7. The fourth-order valence-corrected chi connectivity index (χ4v) is 6.24. The molecular weight excluding hydrogens is 505 g/mol. The highest BCUT2D eigenvalue weighted by molar-refractivity contribution is 7.89. The Morgan fingerprint density at radius 1 is 1.00 bits per heavy atom. The van der Waals surface area contributed by atoms with Gasteiger partial charge in [-0.25, -0.2) is 8.42 Å². The van der Waals surface area contributed by atoms with E-state index in [2.05, 4.69) is 24.1 Å². The van der Waals surface area contributed by atoms with Crippen LogP contribution < -0.4 is 15.0 Å². The van der Waals surface area contributed by atoms with Gasteiger partial charge in [-0.3, -0.25) is 0 Å². The van der Waals surface area contributed by atoms with Crippen molar-refractivity contribution in [3.63, 3.8) is 0 Å². The average molecular weight is 543 g/mol. The summed E-state index contributed by atoms with van der Waals surface area (Å²) < 4.78 is 35.2. The second-order valence-corrected chi connectivity index (χ2v) is 11.7. The molecule has 2 aromatic carbocycles. The molecule has 0 atom stereocenters. The highest BCUT2D eigenvalue weighted by atomic mass is 35.5. The molecule has 6 nitrogen and oxygen atoms in total. The number of anilines is 1. The van der Waals surface area contributed by atoms with Gasteiger partial charge in [0.1, 0.15) is 16.4 Å². The predicted octanol–water partition coefficient (Wildman–Crippen LogP) is 6.70. The van der Waals surface area contributed by atoms with Crippen LogP contribution in [0.1, 0.15) is 57.9 Å². The molecule has 3 rings (SSSR count). The maximum atomic E-state index is 13.7. The Labute approximate surface area is 220 Å². The Morgan fingerprint density at radius 2 is 1.66 bits per heavy atom. The highest BCUT2D eigenvalue weighted by Gasteiger charge is 2.32. The van der Waals surface area contributed by atoms with E-state index in [4.69, 9.17) is 27.9 Å². The molecule has 1 saturated heterocycles. The van der Waals surface area contributed by atoms with Crippen molar-refractivity contribution in [2.75, 3.05) is 38.1 Å². The normalized spacial score (nSPS) is 14.4. The fourth-order valence-electron chi connectivity index (χ4n) is 4.28. The molecule has 9 heteroatoms. The first-order chi connectivity index (χ1) is 16.8. The number of unbranched alkanes of at least 4 members (excludes halogenated alkanes) is 2. The van der Waals surface area contributed by atoms with Gasteiger partial charge in [-0.2, -0.15) is 4.31 Å². The Bertz CT molecular complexity index is 1080. The molecule has 1 aliphatic heterocycles. The minimum atomic E-state index is -3.72. The lowest BCUT2D eigenvalue weighted by atomic mass is 10.1. The SMILES string of the molecule is CCCCN(CCCC)c1cc(Oc2ccc(Cl)c(Cl)c2)c(S(=O)(=O)N2CCCC2)cc1CNC. The number of nitrogens with zero attached hydrogens (tertiary/aromatic N) is 2. The van der Waals surface area contributed by atoms with Crippen LogP contribution in [0.4, 0.5) is 5.69 Å². The van der Waals surface area contributed by atoms with Gasteiger partial charge in [0.2, 0.25) is 10.0 Å². The van der Waals surface area contributed by atoms with E-state index < -0.39 is 10.0 Å². The third kappa shape index (κ3) is 7.04. The zero-order valence-electron chi connectivity index (χ0n) is 20.9. The van der Waals surface area contributed by atoms with E-state index in [1.54, 1.807) is 28.6 Å². The summed E-state index contributed by atoms with van der Waals surface area (Å²) in [6.45, 7) is 7.76. The maximum Gasteiger partial charge on any atom is 0.246 e. The number of halogens is 2. The standard InChI is InChI=1S/C26H37Cl2N3O3S/c1-4-6-12-30(13-7-5-2)24-18-25(34-21-10-11-22(27)23(28)17-21)26(16-20(24)19-29-3)35(32,33)31-14-8-9-15-31/h10-11,16-18,29H,4-9,12-15,19H2,1-3H3. The lowest BCUT2D eigenvalue weighted by Gasteiger charge is -2.29. The third-order valence-electron chi connectivity index (χ3n) is 6.22. The van der Waals surface area contributed by atoms with Crippen molar-refractivity contribution in [3.8, 4) is 11.5 Å². The van der Waals surface area contributed by atoms with Crippen LogP contribution in [0, 0.1) is 0 Å². The van der Waals surface area contributed by atoms with Crippen molar-refractivity contribution < 1.29 is 13.2 Å². The molecule has 0 aromatic heterocycles. The number of rotatable bonds is 13. The Hall–Kier alpha value is -1.51. The predicted molar refractivity (Wildman–Crippen MR) is 146 cm³/mol. The quantitative estimate of drug-likeness (QED) is 0.305. The van der Waals surface area contributed by atoms with Crippen LogP contribution in [-0.2, 0) is 16.6 Å².